The molecule has 126 valence electrons. The van der Waals surface area contributed by atoms with Crippen molar-refractivity contribution < 1.29 is 9.59 Å². The van der Waals surface area contributed by atoms with Crippen molar-refractivity contribution in [1.29, 1.82) is 0 Å². The highest BCUT2D eigenvalue weighted by atomic mass is 32.2. The van der Waals surface area contributed by atoms with Gasteiger partial charge in [0.2, 0.25) is 5.91 Å². The van der Waals surface area contributed by atoms with E-state index in [1.807, 2.05) is 6.92 Å². The van der Waals surface area contributed by atoms with Gasteiger partial charge in [-0.3, -0.25) is 9.59 Å². The summed E-state index contributed by atoms with van der Waals surface area (Å²) in [5.74, 6) is 0.605. The Balaban J connectivity index is 1.73. The van der Waals surface area contributed by atoms with Gasteiger partial charge in [0.05, 0.1) is 5.03 Å². The van der Waals surface area contributed by atoms with Crippen LogP contribution < -0.4 is 5.32 Å². The van der Waals surface area contributed by atoms with Gasteiger partial charge in [0, 0.05) is 29.9 Å². The van der Waals surface area contributed by atoms with Crippen molar-refractivity contribution >= 4 is 40.0 Å². The number of nitrogens with one attached hydrogen (secondary N) is 1. The number of likely N-dealkylation sites (tertiary alicyclic amines) is 1. The molecule has 0 radical (unpaired) electrons. The van der Waals surface area contributed by atoms with Gasteiger partial charge in [0.1, 0.15) is 6.04 Å². The van der Waals surface area contributed by atoms with Crippen LogP contribution in [0.1, 0.15) is 30.1 Å². The van der Waals surface area contributed by atoms with E-state index in [0.29, 0.717) is 23.7 Å². The fraction of sp³-hybridized carbons (Fsp3) is 0.375. The lowest BCUT2D eigenvalue weighted by molar-refractivity contribution is -0.119. The van der Waals surface area contributed by atoms with Gasteiger partial charge in [-0.15, -0.1) is 23.1 Å². The standard InChI is InChI=1S/C16H18N4O2S2/c1-2-23-13-10-11(5-6-17-13)15(22)20-8-3-4-12(20)14(21)19-16-18-7-9-24-16/h5-7,9-10,12H,2-4,8H2,1H3,(H,18,19,21)/t12-/m0/s1. The maximum atomic E-state index is 12.8. The van der Waals surface area contributed by atoms with Gasteiger partial charge in [0.25, 0.3) is 5.91 Å². The largest absolute Gasteiger partial charge is 0.327 e. The maximum absolute atomic E-state index is 12.8. The lowest BCUT2D eigenvalue weighted by Gasteiger charge is -2.23. The highest BCUT2D eigenvalue weighted by Crippen LogP contribution is 2.23. The van der Waals surface area contributed by atoms with Crippen LogP contribution >= 0.6 is 23.1 Å². The summed E-state index contributed by atoms with van der Waals surface area (Å²) >= 11 is 2.96. The first kappa shape index (κ1) is 16.9. The first-order chi connectivity index (χ1) is 11.7. The van der Waals surface area contributed by atoms with Gasteiger partial charge < -0.3 is 10.2 Å². The number of thioether (sulfide) groups is 1. The minimum absolute atomic E-state index is 0.118. The number of pyridine rings is 1. The monoisotopic (exact) mass is 362 g/mol. The Kier molecular flexibility index (Phi) is 5.47. The molecule has 1 saturated heterocycles. The summed E-state index contributed by atoms with van der Waals surface area (Å²) in [4.78, 5) is 35.2. The molecule has 1 aliphatic rings. The van der Waals surface area contributed by atoms with Gasteiger partial charge in [-0.05, 0) is 30.7 Å². The third-order valence-electron chi connectivity index (χ3n) is 3.75. The molecule has 2 aromatic rings. The number of thiazole rings is 1. The highest BCUT2D eigenvalue weighted by Gasteiger charge is 2.34. The molecule has 6 nitrogen and oxygen atoms in total. The minimum Gasteiger partial charge on any atom is -0.327 e. The van der Waals surface area contributed by atoms with Gasteiger partial charge in [0.15, 0.2) is 5.13 Å². The lowest BCUT2D eigenvalue weighted by Crippen LogP contribution is -2.43. The average molecular weight is 362 g/mol. The summed E-state index contributed by atoms with van der Waals surface area (Å²) in [6.45, 7) is 2.63. The smallest absolute Gasteiger partial charge is 0.254 e. The molecule has 0 spiro atoms. The second-order valence-corrected chi connectivity index (χ2v) is 7.48. The van der Waals surface area contributed by atoms with Crippen molar-refractivity contribution in [2.24, 2.45) is 0 Å². The Labute approximate surface area is 148 Å². The van der Waals surface area contributed by atoms with Gasteiger partial charge in [-0.1, -0.05) is 6.92 Å². The fourth-order valence-corrected chi connectivity index (χ4v) is 3.86. The highest BCUT2D eigenvalue weighted by molar-refractivity contribution is 7.99. The third kappa shape index (κ3) is 3.76. The molecule has 3 heterocycles. The van der Waals surface area contributed by atoms with Crippen LogP contribution in [0.3, 0.4) is 0 Å². The second-order valence-electron chi connectivity index (χ2n) is 5.30. The van der Waals surface area contributed by atoms with E-state index in [9.17, 15) is 9.59 Å². The molecule has 0 aliphatic carbocycles. The van der Waals surface area contributed by atoms with Gasteiger partial charge >= 0.3 is 0 Å². The number of rotatable bonds is 5. The Morgan fingerprint density at radius 3 is 3.04 bits per heavy atom. The van der Waals surface area contributed by atoms with Crippen LogP contribution in [-0.2, 0) is 4.79 Å². The number of aromatic nitrogens is 2. The lowest BCUT2D eigenvalue weighted by atomic mass is 10.2. The van der Waals surface area contributed by atoms with Crippen LogP contribution in [0.15, 0.2) is 34.9 Å². The van der Waals surface area contributed by atoms with E-state index in [2.05, 4.69) is 15.3 Å². The number of carbonyl (C=O) groups excluding carboxylic acids is 2. The van der Waals surface area contributed by atoms with E-state index in [4.69, 9.17) is 0 Å². The zero-order valence-corrected chi connectivity index (χ0v) is 14.9. The minimum atomic E-state index is -0.447. The van der Waals surface area contributed by atoms with Gasteiger partial charge in [-0.25, -0.2) is 9.97 Å². The fourth-order valence-electron chi connectivity index (χ4n) is 2.69. The Morgan fingerprint density at radius 2 is 2.29 bits per heavy atom. The van der Waals surface area contributed by atoms with Crippen molar-refractivity contribution in [1.82, 2.24) is 14.9 Å². The van der Waals surface area contributed by atoms with Crippen molar-refractivity contribution in [3.05, 3.63) is 35.5 Å². The van der Waals surface area contributed by atoms with Crippen LogP contribution in [-0.4, -0.2) is 45.0 Å². The quantitative estimate of drug-likeness (QED) is 0.828. The molecule has 3 rings (SSSR count). The number of amides is 2. The van der Waals surface area contributed by atoms with Crippen molar-refractivity contribution in [2.45, 2.75) is 30.8 Å². The summed E-state index contributed by atoms with van der Waals surface area (Å²) < 4.78 is 0. The zero-order valence-electron chi connectivity index (χ0n) is 13.3. The molecule has 8 heteroatoms. The molecule has 0 unspecified atom stereocenters. The van der Waals surface area contributed by atoms with Crippen LogP contribution in [0, 0.1) is 0 Å². The molecule has 24 heavy (non-hydrogen) atoms. The average Bonchev–Trinajstić information content (AvgIpc) is 3.26. The Bertz CT molecular complexity index is 721. The Hall–Kier alpha value is -1.93. The van der Waals surface area contributed by atoms with E-state index in [-0.39, 0.29) is 11.8 Å². The molecular formula is C16H18N4O2S2. The van der Waals surface area contributed by atoms with Crippen molar-refractivity contribution in [3.8, 4) is 0 Å². The van der Waals surface area contributed by atoms with Crippen LogP contribution in [0.25, 0.3) is 0 Å². The predicted molar refractivity (Wildman–Crippen MR) is 95.4 cm³/mol. The molecular weight excluding hydrogens is 344 g/mol. The van der Waals surface area contributed by atoms with E-state index < -0.39 is 6.04 Å². The maximum Gasteiger partial charge on any atom is 0.254 e. The zero-order chi connectivity index (χ0) is 16.9. The first-order valence-electron chi connectivity index (χ1n) is 7.79. The summed E-state index contributed by atoms with van der Waals surface area (Å²) in [5, 5.41) is 5.98. The molecule has 1 fully saturated rings. The number of hydrogen-bond donors (Lipinski definition) is 1. The van der Waals surface area contributed by atoms with Crippen LogP contribution in [0.2, 0.25) is 0 Å². The molecule has 0 aromatic carbocycles. The number of anilines is 1. The summed E-state index contributed by atoms with van der Waals surface area (Å²) in [7, 11) is 0. The first-order valence-corrected chi connectivity index (χ1v) is 9.65. The molecule has 0 bridgehead atoms. The van der Waals surface area contributed by atoms with E-state index in [0.717, 1.165) is 17.2 Å². The van der Waals surface area contributed by atoms with E-state index in [1.54, 1.807) is 46.6 Å². The number of nitrogens with zero attached hydrogens (tertiary/aromatic N) is 3. The summed E-state index contributed by atoms with van der Waals surface area (Å²) in [6.07, 6.45) is 4.78. The van der Waals surface area contributed by atoms with Crippen LogP contribution in [0.4, 0.5) is 5.13 Å². The topological polar surface area (TPSA) is 75.2 Å². The third-order valence-corrected chi connectivity index (χ3v) is 5.25. The molecule has 1 aliphatic heterocycles. The van der Waals surface area contributed by atoms with Gasteiger partial charge in [-0.2, -0.15) is 0 Å². The number of hydrogen-bond acceptors (Lipinski definition) is 6. The summed E-state index contributed by atoms with van der Waals surface area (Å²) in [6, 6.07) is 3.05. The Morgan fingerprint density at radius 1 is 1.42 bits per heavy atom. The van der Waals surface area contributed by atoms with E-state index >= 15 is 0 Å². The number of carbonyl (C=O) groups is 2. The molecule has 1 N–H and O–H groups in total. The van der Waals surface area contributed by atoms with E-state index in [1.165, 1.54) is 11.3 Å². The SMILES string of the molecule is CCSc1cc(C(=O)N2CCC[C@H]2C(=O)Nc2nccs2)ccn1. The normalized spacial score (nSPS) is 17.0. The molecule has 0 saturated carbocycles. The second kappa shape index (κ2) is 7.76. The van der Waals surface area contributed by atoms with Crippen molar-refractivity contribution in [2.75, 3.05) is 17.6 Å². The van der Waals surface area contributed by atoms with Crippen LogP contribution in [0.5, 0.6) is 0 Å². The predicted octanol–water partition coefficient (Wildman–Crippen LogP) is 2.89. The summed E-state index contributed by atoms with van der Waals surface area (Å²) in [5.41, 5.74) is 0.579. The van der Waals surface area contributed by atoms with Crippen molar-refractivity contribution in [3.63, 3.8) is 0 Å². The molecule has 2 aromatic heterocycles. The molecule has 2 amide bonds. The molecule has 1 atom stereocenters.